The van der Waals surface area contributed by atoms with Crippen LogP contribution in [0.5, 0.6) is 17.2 Å². The van der Waals surface area contributed by atoms with Gasteiger partial charge in [-0.25, -0.2) is 9.97 Å². The second-order valence-electron chi connectivity index (χ2n) is 6.17. The summed E-state index contributed by atoms with van der Waals surface area (Å²) in [4.78, 5) is 8.43. The Bertz CT molecular complexity index is 1020. The Balaban J connectivity index is 2.34. The molecule has 2 heterocycles. The van der Waals surface area contributed by atoms with Gasteiger partial charge < -0.3 is 23.9 Å². The van der Waals surface area contributed by atoms with Gasteiger partial charge in [-0.1, -0.05) is 0 Å². The fraction of sp³-hybridized carbons (Fsp3) is 0.368. The number of pyridine rings is 1. The Labute approximate surface area is 164 Å². The predicted molar refractivity (Wildman–Crippen MR) is 99.4 cm³/mol. The summed E-state index contributed by atoms with van der Waals surface area (Å²) in [5, 5.41) is 9.29. The molecule has 0 amide bonds. The van der Waals surface area contributed by atoms with Crippen LogP contribution in [0.25, 0.3) is 22.4 Å². The highest BCUT2D eigenvalue weighted by atomic mass is 19.4. The minimum Gasteiger partial charge on any atom is -0.493 e. The summed E-state index contributed by atoms with van der Waals surface area (Å²) in [6, 6.07) is 3.99. The lowest BCUT2D eigenvalue weighted by Gasteiger charge is -2.15. The first-order valence-electron chi connectivity index (χ1n) is 8.61. The topological polar surface area (TPSA) is 78.6 Å². The van der Waals surface area contributed by atoms with Crippen LogP contribution in [0.4, 0.5) is 13.2 Å². The molecule has 2 aromatic heterocycles. The molecule has 10 heteroatoms. The number of imidazole rings is 1. The normalized spacial score (nSPS) is 11.7. The molecule has 0 aliphatic carbocycles. The molecule has 29 heavy (non-hydrogen) atoms. The van der Waals surface area contributed by atoms with E-state index in [0.717, 1.165) is 6.07 Å². The lowest BCUT2D eigenvalue weighted by atomic mass is 10.1. The second kappa shape index (κ2) is 7.78. The van der Waals surface area contributed by atoms with Gasteiger partial charge in [-0.05, 0) is 25.1 Å². The number of halogens is 3. The van der Waals surface area contributed by atoms with Crippen molar-refractivity contribution in [3.8, 4) is 28.5 Å². The maximum Gasteiger partial charge on any atom is 0.418 e. The summed E-state index contributed by atoms with van der Waals surface area (Å²) < 4.78 is 58.5. The van der Waals surface area contributed by atoms with Crippen LogP contribution in [-0.2, 0) is 12.7 Å². The number of aryl methyl sites for hydroxylation is 1. The van der Waals surface area contributed by atoms with E-state index in [1.165, 1.54) is 38.0 Å². The van der Waals surface area contributed by atoms with Crippen molar-refractivity contribution in [3.05, 3.63) is 29.6 Å². The van der Waals surface area contributed by atoms with Crippen molar-refractivity contribution >= 4 is 11.2 Å². The molecular weight excluding hydrogens is 391 g/mol. The number of hydrogen-bond donors (Lipinski definition) is 1. The number of rotatable bonds is 6. The molecule has 7 nitrogen and oxygen atoms in total. The van der Waals surface area contributed by atoms with E-state index in [4.69, 9.17) is 14.2 Å². The van der Waals surface area contributed by atoms with E-state index in [0.29, 0.717) is 17.1 Å². The predicted octanol–water partition coefficient (Wildman–Crippen LogP) is 3.44. The number of aliphatic hydroxyl groups excluding tert-OH is 1. The minimum atomic E-state index is -4.64. The molecule has 0 fully saturated rings. The monoisotopic (exact) mass is 411 g/mol. The number of aliphatic hydroxyl groups is 1. The van der Waals surface area contributed by atoms with Crippen molar-refractivity contribution in [1.82, 2.24) is 14.5 Å². The number of benzene rings is 1. The zero-order valence-corrected chi connectivity index (χ0v) is 16.3. The van der Waals surface area contributed by atoms with E-state index in [1.54, 1.807) is 6.92 Å². The maximum atomic E-state index is 13.8. The van der Waals surface area contributed by atoms with Gasteiger partial charge in [0.2, 0.25) is 5.75 Å². The van der Waals surface area contributed by atoms with Crippen LogP contribution < -0.4 is 14.2 Å². The van der Waals surface area contributed by atoms with Crippen molar-refractivity contribution in [3.63, 3.8) is 0 Å². The third-order valence-corrected chi connectivity index (χ3v) is 4.48. The third kappa shape index (κ3) is 3.67. The quantitative estimate of drug-likeness (QED) is 0.670. The third-order valence-electron chi connectivity index (χ3n) is 4.48. The molecule has 156 valence electrons. The molecule has 0 aliphatic rings. The van der Waals surface area contributed by atoms with Crippen molar-refractivity contribution in [2.45, 2.75) is 19.6 Å². The van der Waals surface area contributed by atoms with Crippen LogP contribution in [0.15, 0.2) is 18.2 Å². The van der Waals surface area contributed by atoms with Crippen molar-refractivity contribution in [2.24, 2.45) is 0 Å². The maximum absolute atomic E-state index is 13.8. The standard InChI is InChI=1S/C19H20F3N3O4/c1-10-23-16-12(19(20,21)22)9-13(24-18(16)25(10)5-6-26)11-7-14(27-2)17(29-4)15(8-11)28-3/h7-9,26H,5-6H2,1-4H3. The fourth-order valence-electron chi connectivity index (χ4n) is 3.16. The molecule has 0 saturated heterocycles. The highest BCUT2D eigenvalue weighted by Gasteiger charge is 2.36. The average molecular weight is 411 g/mol. The van der Waals surface area contributed by atoms with Crippen LogP contribution >= 0.6 is 0 Å². The highest BCUT2D eigenvalue weighted by Crippen LogP contribution is 2.42. The van der Waals surface area contributed by atoms with Crippen LogP contribution in [0.3, 0.4) is 0 Å². The first-order valence-corrected chi connectivity index (χ1v) is 8.61. The summed E-state index contributed by atoms with van der Waals surface area (Å²) in [6.45, 7) is 1.38. The molecule has 0 bridgehead atoms. The zero-order chi connectivity index (χ0) is 21.3. The Hall–Kier alpha value is -3.01. The largest absolute Gasteiger partial charge is 0.493 e. The summed E-state index contributed by atoms with van der Waals surface area (Å²) >= 11 is 0. The second-order valence-corrected chi connectivity index (χ2v) is 6.17. The van der Waals surface area contributed by atoms with Crippen molar-refractivity contribution in [2.75, 3.05) is 27.9 Å². The van der Waals surface area contributed by atoms with Gasteiger partial charge in [0, 0.05) is 12.1 Å². The first-order chi connectivity index (χ1) is 13.7. The van der Waals surface area contributed by atoms with Gasteiger partial charge in [-0.15, -0.1) is 0 Å². The lowest BCUT2D eigenvalue weighted by molar-refractivity contribution is -0.136. The van der Waals surface area contributed by atoms with Gasteiger partial charge in [0.15, 0.2) is 17.1 Å². The van der Waals surface area contributed by atoms with Gasteiger partial charge in [-0.3, -0.25) is 0 Å². The molecule has 0 saturated carbocycles. The molecule has 1 aromatic carbocycles. The lowest BCUT2D eigenvalue weighted by Crippen LogP contribution is -2.09. The number of aromatic nitrogens is 3. The molecule has 0 radical (unpaired) electrons. The highest BCUT2D eigenvalue weighted by molar-refractivity contribution is 5.81. The smallest absolute Gasteiger partial charge is 0.418 e. The molecule has 0 atom stereocenters. The SMILES string of the molecule is COc1cc(-c2cc(C(F)(F)F)c3nc(C)n(CCO)c3n2)cc(OC)c1OC. The summed E-state index contributed by atoms with van der Waals surface area (Å²) in [5.41, 5.74) is -0.731. The van der Waals surface area contributed by atoms with E-state index in [-0.39, 0.29) is 41.5 Å². The number of methoxy groups -OCH3 is 3. The van der Waals surface area contributed by atoms with Gasteiger partial charge >= 0.3 is 6.18 Å². The van der Waals surface area contributed by atoms with Crippen molar-refractivity contribution in [1.29, 1.82) is 0 Å². The van der Waals surface area contributed by atoms with Gasteiger partial charge in [0.05, 0.1) is 39.2 Å². The van der Waals surface area contributed by atoms with E-state index in [1.807, 2.05) is 0 Å². The van der Waals surface area contributed by atoms with E-state index >= 15 is 0 Å². The molecule has 0 aliphatic heterocycles. The average Bonchev–Trinajstić information content (AvgIpc) is 3.00. The first kappa shape index (κ1) is 20.7. The molecule has 0 unspecified atom stereocenters. The number of ether oxygens (including phenoxy) is 3. The Morgan fingerprint density at radius 2 is 1.62 bits per heavy atom. The van der Waals surface area contributed by atoms with Crippen LogP contribution in [0.1, 0.15) is 11.4 Å². The van der Waals surface area contributed by atoms with Gasteiger partial charge in [0.25, 0.3) is 0 Å². The minimum absolute atomic E-state index is 0.0372. The molecule has 1 N–H and O–H groups in total. The summed E-state index contributed by atoms with van der Waals surface area (Å²) in [6.07, 6.45) is -4.64. The number of nitrogens with zero attached hydrogens (tertiary/aromatic N) is 3. The molecule has 0 spiro atoms. The number of alkyl halides is 3. The molecule has 3 aromatic rings. The van der Waals surface area contributed by atoms with Gasteiger partial charge in [0.1, 0.15) is 11.3 Å². The fourth-order valence-corrected chi connectivity index (χ4v) is 3.16. The van der Waals surface area contributed by atoms with Gasteiger partial charge in [-0.2, -0.15) is 13.2 Å². The number of hydrogen-bond acceptors (Lipinski definition) is 6. The van der Waals surface area contributed by atoms with Crippen LogP contribution in [0.2, 0.25) is 0 Å². The van der Waals surface area contributed by atoms with E-state index in [9.17, 15) is 18.3 Å². The number of fused-ring (bicyclic) bond motifs is 1. The van der Waals surface area contributed by atoms with E-state index < -0.39 is 11.7 Å². The molecular formula is C19H20F3N3O4. The summed E-state index contributed by atoms with van der Waals surface area (Å²) in [5.74, 6) is 1.22. The van der Waals surface area contributed by atoms with Crippen LogP contribution in [0, 0.1) is 6.92 Å². The summed E-state index contributed by atoms with van der Waals surface area (Å²) in [7, 11) is 4.26. The Kier molecular flexibility index (Phi) is 5.56. The Morgan fingerprint density at radius 3 is 2.10 bits per heavy atom. The molecule has 3 rings (SSSR count). The van der Waals surface area contributed by atoms with Crippen molar-refractivity contribution < 1.29 is 32.5 Å². The van der Waals surface area contributed by atoms with E-state index in [2.05, 4.69) is 9.97 Å². The zero-order valence-electron chi connectivity index (χ0n) is 16.3. The Morgan fingerprint density at radius 1 is 1.00 bits per heavy atom. The van der Waals surface area contributed by atoms with Crippen LogP contribution in [-0.4, -0.2) is 47.6 Å².